The second kappa shape index (κ2) is 6.95. The third-order valence-corrected chi connectivity index (χ3v) is 6.60. The Bertz CT molecular complexity index is 111. The highest BCUT2D eigenvalue weighted by molar-refractivity contribution is 6.59. The monoisotopic (exact) mass is 226 g/mol. The number of hydrogen-bond donors (Lipinski definition) is 1. The minimum Gasteiger partial charge on any atom is -0.422 e. The molecule has 1 atom stereocenters. The topological polar surface area (TPSA) is 47.9 Å². The van der Waals surface area contributed by atoms with Crippen molar-refractivity contribution in [2.45, 2.75) is 33.0 Å². The fourth-order valence-electron chi connectivity index (χ4n) is 0.506. The summed E-state index contributed by atoms with van der Waals surface area (Å²) < 4.78 is 15.5. The van der Waals surface area contributed by atoms with Crippen LogP contribution < -0.4 is 0 Å². The summed E-state index contributed by atoms with van der Waals surface area (Å²) in [4.78, 5) is 9.22. The van der Waals surface area contributed by atoms with E-state index in [1.54, 1.807) is 0 Å². The van der Waals surface area contributed by atoms with Crippen LogP contribution in [-0.4, -0.2) is 39.5 Å². The van der Waals surface area contributed by atoms with Gasteiger partial charge in [-0.05, 0) is 26.9 Å². The van der Waals surface area contributed by atoms with Gasteiger partial charge < -0.3 is 17.5 Å². The average molecular weight is 226 g/mol. The Morgan fingerprint density at radius 3 is 2.33 bits per heavy atom. The van der Waals surface area contributed by atoms with Crippen molar-refractivity contribution in [3.05, 3.63) is 0 Å². The molecule has 1 N–H and O–H groups in total. The molecule has 0 amide bonds. The van der Waals surface area contributed by atoms with E-state index in [4.69, 9.17) is 12.7 Å². The second-order valence-electron chi connectivity index (χ2n) is 2.99. The van der Waals surface area contributed by atoms with Crippen LogP contribution in [0.15, 0.2) is 0 Å². The van der Waals surface area contributed by atoms with Gasteiger partial charge in [-0.15, -0.1) is 0 Å². The molecular weight excluding hydrogens is 208 g/mol. The van der Waals surface area contributed by atoms with Crippen LogP contribution in [0.25, 0.3) is 0 Å². The van der Waals surface area contributed by atoms with Crippen molar-refractivity contribution < 1.29 is 17.5 Å². The summed E-state index contributed by atoms with van der Waals surface area (Å²) >= 11 is 0. The zero-order valence-electron chi connectivity index (χ0n) is 8.11. The van der Waals surface area contributed by atoms with Gasteiger partial charge in [-0.1, -0.05) is 0 Å². The summed E-state index contributed by atoms with van der Waals surface area (Å²) in [5, 5.41) is 0. The molecule has 12 heavy (non-hydrogen) atoms. The van der Waals surface area contributed by atoms with Gasteiger partial charge in [-0.25, -0.2) is 0 Å². The highest BCUT2D eigenvalue weighted by atomic mass is 28.4. The Kier molecular flexibility index (Phi) is 7.23. The summed E-state index contributed by atoms with van der Waals surface area (Å²) in [6, 6.07) is 0. The van der Waals surface area contributed by atoms with Crippen molar-refractivity contribution in [2.24, 2.45) is 0 Å². The van der Waals surface area contributed by atoms with E-state index >= 15 is 0 Å². The van der Waals surface area contributed by atoms with Crippen molar-refractivity contribution in [3.63, 3.8) is 0 Å². The van der Waals surface area contributed by atoms with Crippen LogP contribution in [0.2, 0.25) is 13.1 Å². The van der Waals surface area contributed by atoms with E-state index in [-0.39, 0.29) is 6.10 Å². The van der Waals surface area contributed by atoms with Crippen molar-refractivity contribution in [2.75, 3.05) is 0 Å². The highest BCUT2D eigenvalue weighted by Gasteiger charge is 2.11. The minimum absolute atomic E-state index is 0.189. The van der Waals surface area contributed by atoms with E-state index in [1.807, 2.05) is 26.9 Å². The Hall–Kier alpha value is 0.491. The minimum atomic E-state index is -2.32. The third-order valence-electron chi connectivity index (χ3n) is 1.00. The molecule has 0 aromatic heterocycles. The predicted molar refractivity (Wildman–Crippen MR) is 55.2 cm³/mol. The van der Waals surface area contributed by atoms with Crippen LogP contribution in [0.4, 0.5) is 0 Å². The van der Waals surface area contributed by atoms with Crippen molar-refractivity contribution in [1.82, 2.24) is 0 Å². The Balaban J connectivity index is 3.25. The molecule has 0 saturated carbocycles. The van der Waals surface area contributed by atoms with Gasteiger partial charge in [0.25, 0.3) is 10.0 Å². The zero-order valence-corrected chi connectivity index (χ0v) is 11.8. The van der Waals surface area contributed by atoms with Crippen molar-refractivity contribution >= 4 is 28.6 Å². The molecule has 0 aliphatic carbocycles. The van der Waals surface area contributed by atoms with Crippen LogP contribution in [0, 0.1) is 0 Å². The van der Waals surface area contributed by atoms with Crippen LogP contribution in [0.5, 0.6) is 0 Å². The van der Waals surface area contributed by atoms with Crippen LogP contribution in [0.1, 0.15) is 13.8 Å². The fraction of sp³-hybridized carbons (Fsp3) is 1.00. The maximum absolute atomic E-state index is 9.22. The molecule has 0 radical (unpaired) electrons. The zero-order chi connectivity index (χ0) is 9.56. The summed E-state index contributed by atoms with van der Waals surface area (Å²) in [5.74, 6) is 0. The summed E-state index contributed by atoms with van der Waals surface area (Å²) in [6.45, 7) is 7.90. The summed E-state index contributed by atoms with van der Waals surface area (Å²) in [7, 11) is -4.48. The lowest BCUT2D eigenvalue weighted by atomic mass is 10.5. The van der Waals surface area contributed by atoms with E-state index < -0.39 is 28.6 Å². The molecule has 0 aromatic carbocycles. The lowest BCUT2D eigenvalue weighted by Gasteiger charge is -2.14. The lowest BCUT2D eigenvalue weighted by molar-refractivity contribution is 0.200. The number of rotatable bonds is 6. The SMILES string of the molecule is CC(C)O[SiH2]O[SiH](O)O[SiH](C)C. The normalized spacial score (nSPS) is 15.2. The molecule has 7 heteroatoms. The molecule has 1 unspecified atom stereocenters. The Morgan fingerprint density at radius 2 is 1.92 bits per heavy atom. The van der Waals surface area contributed by atoms with E-state index in [1.165, 1.54) is 0 Å². The van der Waals surface area contributed by atoms with E-state index in [0.29, 0.717) is 0 Å². The molecule has 0 spiro atoms. The maximum atomic E-state index is 9.22. The standard InChI is InChI=1S/C5H18O4Si3/c1-5(2)7-10-8-12(6)9-11(3)4/h5-6,11-12H,10H2,1-4H3. The smallest absolute Gasteiger partial charge is 0.422 e. The predicted octanol–water partition coefficient (Wildman–Crippen LogP) is -0.864. The van der Waals surface area contributed by atoms with Gasteiger partial charge in [0.1, 0.15) is 0 Å². The molecule has 0 aromatic rings. The quantitative estimate of drug-likeness (QED) is 0.599. The maximum Gasteiger partial charge on any atom is 0.461 e. The first-order valence-corrected chi connectivity index (χ1v) is 9.48. The average Bonchev–Trinajstić information content (AvgIpc) is 1.84. The first-order valence-electron chi connectivity index (χ1n) is 4.09. The Labute approximate surface area is 79.6 Å². The van der Waals surface area contributed by atoms with Crippen molar-refractivity contribution in [1.29, 1.82) is 0 Å². The van der Waals surface area contributed by atoms with Crippen LogP contribution in [0.3, 0.4) is 0 Å². The molecule has 4 nitrogen and oxygen atoms in total. The van der Waals surface area contributed by atoms with Gasteiger partial charge in [-0.2, -0.15) is 0 Å². The summed E-state index contributed by atoms with van der Waals surface area (Å²) in [6.07, 6.45) is 0.189. The first-order chi connectivity index (χ1) is 5.52. The lowest BCUT2D eigenvalue weighted by Crippen LogP contribution is -2.31. The van der Waals surface area contributed by atoms with Crippen LogP contribution in [-0.2, 0) is 12.7 Å². The fourth-order valence-corrected chi connectivity index (χ4v) is 4.44. The van der Waals surface area contributed by atoms with Gasteiger partial charge >= 0.3 is 9.53 Å². The molecule has 0 saturated heterocycles. The molecule has 0 fully saturated rings. The number of hydrogen-bond acceptors (Lipinski definition) is 4. The van der Waals surface area contributed by atoms with Gasteiger partial charge in [0, 0.05) is 6.10 Å². The highest BCUT2D eigenvalue weighted by Crippen LogP contribution is 1.91. The molecule has 0 rings (SSSR count). The van der Waals surface area contributed by atoms with E-state index in [0.717, 1.165) is 0 Å². The van der Waals surface area contributed by atoms with Gasteiger partial charge in [0.2, 0.25) is 0 Å². The van der Waals surface area contributed by atoms with E-state index in [2.05, 4.69) is 0 Å². The molecule has 0 aliphatic heterocycles. The van der Waals surface area contributed by atoms with Crippen LogP contribution >= 0.6 is 0 Å². The molecule has 0 bridgehead atoms. The summed E-state index contributed by atoms with van der Waals surface area (Å²) in [5.41, 5.74) is 0. The van der Waals surface area contributed by atoms with Gasteiger partial charge in [0.15, 0.2) is 9.04 Å². The second-order valence-corrected chi connectivity index (χ2v) is 8.69. The molecule has 74 valence electrons. The molecule has 0 aliphatic rings. The van der Waals surface area contributed by atoms with Gasteiger partial charge in [0.05, 0.1) is 0 Å². The molecular formula is C5H18O4Si3. The largest absolute Gasteiger partial charge is 0.461 e. The Morgan fingerprint density at radius 1 is 1.33 bits per heavy atom. The third kappa shape index (κ3) is 8.59. The van der Waals surface area contributed by atoms with Crippen molar-refractivity contribution in [3.8, 4) is 0 Å². The molecule has 0 heterocycles. The first kappa shape index (κ1) is 12.5. The van der Waals surface area contributed by atoms with E-state index in [9.17, 15) is 4.80 Å². The van der Waals surface area contributed by atoms with Gasteiger partial charge in [-0.3, -0.25) is 0 Å².